The van der Waals surface area contributed by atoms with Crippen molar-refractivity contribution in [3.8, 4) is 0 Å². The molecular formula is C15H17ClN2O2. The lowest BCUT2D eigenvalue weighted by Gasteiger charge is -2.13. The van der Waals surface area contributed by atoms with E-state index in [1.807, 2.05) is 19.1 Å². The van der Waals surface area contributed by atoms with Gasteiger partial charge in [-0.2, -0.15) is 0 Å². The number of aryl methyl sites for hydroxylation is 1. The van der Waals surface area contributed by atoms with E-state index in [1.165, 1.54) is 0 Å². The zero-order valence-corrected chi connectivity index (χ0v) is 12.0. The molecule has 1 amide bonds. The quantitative estimate of drug-likeness (QED) is 0.831. The van der Waals surface area contributed by atoms with E-state index >= 15 is 0 Å². The number of benzene rings is 1. The summed E-state index contributed by atoms with van der Waals surface area (Å²) in [5.41, 5.74) is 6.59. The average Bonchev–Trinajstić information content (AvgIpc) is 2.92. The molecule has 0 radical (unpaired) electrons. The van der Waals surface area contributed by atoms with Crippen molar-refractivity contribution in [2.75, 3.05) is 5.73 Å². The van der Waals surface area contributed by atoms with E-state index < -0.39 is 0 Å². The Morgan fingerprint density at radius 3 is 2.90 bits per heavy atom. The molecule has 1 aromatic carbocycles. The first kappa shape index (κ1) is 14.5. The Labute approximate surface area is 122 Å². The van der Waals surface area contributed by atoms with Crippen molar-refractivity contribution < 1.29 is 9.21 Å². The Balaban J connectivity index is 1.88. The standard InChI is InChI=1S/C15H17ClN2O2/c1-10(4-6-12-3-2-8-20-12)18-15(19)11-5-7-14(17)13(16)9-11/h2-3,5,7-10H,4,6,17H2,1H3,(H,18,19). The second kappa shape index (κ2) is 6.48. The molecule has 106 valence electrons. The minimum Gasteiger partial charge on any atom is -0.469 e. The highest BCUT2D eigenvalue weighted by Gasteiger charge is 2.11. The van der Waals surface area contributed by atoms with Crippen LogP contribution in [0.5, 0.6) is 0 Å². The summed E-state index contributed by atoms with van der Waals surface area (Å²) in [4.78, 5) is 12.0. The van der Waals surface area contributed by atoms with Crippen LogP contribution in [0.2, 0.25) is 5.02 Å². The van der Waals surface area contributed by atoms with Crippen LogP contribution in [-0.4, -0.2) is 11.9 Å². The fourth-order valence-electron chi connectivity index (χ4n) is 1.86. The van der Waals surface area contributed by atoms with Gasteiger partial charge in [0.2, 0.25) is 0 Å². The molecule has 1 aromatic heterocycles. The molecule has 1 unspecified atom stereocenters. The van der Waals surface area contributed by atoms with Gasteiger partial charge in [-0.3, -0.25) is 4.79 Å². The number of furan rings is 1. The zero-order chi connectivity index (χ0) is 14.5. The monoisotopic (exact) mass is 292 g/mol. The van der Waals surface area contributed by atoms with Crippen molar-refractivity contribution in [1.29, 1.82) is 0 Å². The van der Waals surface area contributed by atoms with Gasteiger partial charge < -0.3 is 15.5 Å². The van der Waals surface area contributed by atoms with E-state index in [1.54, 1.807) is 24.5 Å². The largest absolute Gasteiger partial charge is 0.469 e. The van der Waals surface area contributed by atoms with Crippen LogP contribution in [0.1, 0.15) is 29.5 Å². The van der Waals surface area contributed by atoms with Gasteiger partial charge in [-0.25, -0.2) is 0 Å². The summed E-state index contributed by atoms with van der Waals surface area (Å²) in [6.07, 6.45) is 3.24. The first-order valence-corrected chi connectivity index (χ1v) is 6.82. The number of nitrogens with one attached hydrogen (secondary N) is 1. The maximum Gasteiger partial charge on any atom is 0.251 e. The minimum atomic E-state index is -0.154. The number of halogens is 1. The molecular weight excluding hydrogens is 276 g/mol. The number of nitrogens with two attached hydrogens (primary N) is 1. The van der Waals surface area contributed by atoms with Crippen LogP contribution in [0.25, 0.3) is 0 Å². The Bertz CT molecular complexity index is 582. The van der Waals surface area contributed by atoms with Gasteiger partial charge in [-0.05, 0) is 43.7 Å². The predicted molar refractivity (Wildman–Crippen MR) is 79.8 cm³/mol. The van der Waals surface area contributed by atoms with Crippen molar-refractivity contribution in [3.05, 3.63) is 52.9 Å². The number of nitrogen functional groups attached to an aromatic ring is 1. The van der Waals surface area contributed by atoms with E-state index in [-0.39, 0.29) is 11.9 Å². The smallest absolute Gasteiger partial charge is 0.251 e. The van der Waals surface area contributed by atoms with Crippen LogP contribution in [0.3, 0.4) is 0 Å². The first-order valence-electron chi connectivity index (χ1n) is 6.44. The third kappa shape index (κ3) is 3.78. The van der Waals surface area contributed by atoms with E-state index in [9.17, 15) is 4.79 Å². The lowest BCUT2D eigenvalue weighted by Crippen LogP contribution is -2.32. The molecule has 0 saturated carbocycles. The molecule has 0 aliphatic rings. The van der Waals surface area contributed by atoms with E-state index in [4.69, 9.17) is 21.8 Å². The highest BCUT2D eigenvalue weighted by atomic mass is 35.5. The van der Waals surface area contributed by atoms with Crippen LogP contribution in [0, 0.1) is 0 Å². The maximum atomic E-state index is 12.0. The number of hydrogen-bond acceptors (Lipinski definition) is 3. The SMILES string of the molecule is CC(CCc1ccco1)NC(=O)c1ccc(N)c(Cl)c1. The molecule has 0 aliphatic heterocycles. The van der Waals surface area contributed by atoms with Gasteiger partial charge in [0, 0.05) is 18.0 Å². The Morgan fingerprint density at radius 2 is 2.25 bits per heavy atom. The van der Waals surface area contributed by atoms with Crippen LogP contribution >= 0.6 is 11.6 Å². The summed E-state index contributed by atoms with van der Waals surface area (Å²) in [5.74, 6) is 0.764. The topological polar surface area (TPSA) is 68.3 Å². The highest BCUT2D eigenvalue weighted by molar-refractivity contribution is 6.33. The van der Waals surface area contributed by atoms with Gasteiger partial charge in [0.25, 0.3) is 5.91 Å². The highest BCUT2D eigenvalue weighted by Crippen LogP contribution is 2.19. The van der Waals surface area contributed by atoms with Crippen molar-refractivity contribution in [1.82, 2.24) is 5.32 Å². The lowest BCUT2D eigenvalue weighted by molar-refractivity contribution is 0.0938. The average molecular weight is 293 g/mol. The van der Waals surface area contributed by atoms with Gasteiger partial charge in [0.15, 0.2) is 0 Å². The van der Waals surface area contributed by atoms with Crippen LogP contribution in [-0.2, 0) is 6.42 Å². The van der Waals surface area contributed by atoms with Crippen molar-refractivity contribution in [3.63, 3.8) is 0 Å². The number of hydrogen-bond donors (Lipinski definition) is 2. The zero-order valence-electron chi connectivity index (χ0n) is 11.2. The second-order valence-corrected chi connectivity index (χ2v) is 5.14. The molecule has 2 aromatic rings. The van der Waals surface area contributed by atoms with E-state index in [0.29, 0.717) is 16.3 Å². The lowest BCUT2D eigenvalue weighted by atomic mass is 10.1. The normalized spacial score (nSPS) is 12.1. The molecule has 1 atom stereocenters. The molecule has 2 rings (SSSR count). The summed E-state index contributed by atoms with van der Waals surface area (Å²) in [7, 11) is 0. The minimum absolute atomic E-state index is 0.0453. The summed E-state index contributed by atoms with van der Waals surface area (Å²) >= 11 is 5.91. The number of anilines is 1. The Kier molecular flexibility index (Phi) is 4.69. The van der Waals surface area contributed by atoms with Crippen LogP contribution in [0.15, 0.2) is 41.0 Å². The van der Waals surface area contributed by atoms with Gasteiger partial charge in [0.1, 0.15) is 5.76 Å². The van der Waals surface area contributed by atoms with E-state index in [2.05, 4.69) is 5.32 Å². The van der Waals surface area contributed by atoms with Crippen molar-refractivity contribution in [2.45, 2.75) is 25.8 Å². The van der Waals surface area contributed by atoms with Gasteiger partial charge in [-0.1, -0.05) is 11.6 Å². The number of carbonyl (C=O) groups excluding carboxylic acids is 1. The summed E-state index contributed by atoms with van der Waals surface area (Å²) < 4.78 is 5.26. The third-order valence-electron chi connectivity index (χ3n) is 3.04. The van der Waals surface area contributed by atoms with Gasteiger partial charge >= 0.3 is 0 Å². The molecule has 4 nitrogen and oxygen atoms in total. The molecule has 3 N–H and O–H groups in total. The summed E-state index contributed by atoms with van der Waals surface area (Å²) in [6.45, 7) is 1.96. The molecule has 5 heteroatoms. The number of rotatable bonds is 5. The summed E-state index contributed by atoms with van der Waals surface area (Å²) in [5, 5.41) is 3.31. The molecule has 0 aliphatic carbocycles. The first-order chi connectivity index (χ1) is 9.56. The second-order valence-electron chi connectivity index (χ2n) is 4.73. The number of amides is 1. The molecule has 0 spiro atoms. The summed E-state index contributed by atoms with van der Waals surface area (Å²) in [6, 6.07) is 8.69. The molecule has 20 heavy (non-hydrogen) atoms. The van der Waals surface area contributed by atoms with Crippen molar-refractivity contribution in [2.24, 2.45) is 0 Å². The van der Waals surface area contributed by atoms with Gasteiger partial charge in [0.05, 0.1) is 17.0 Å². The third-order valence-corrected chi connectivity index (χ3v) is 3.37. The predicted octanol–water partition coefficient (Wildman–Crippen LogP) is 3.27. The Morgan fingerprint density at radius 1 is 1.45 bits per heavy atom. The fourth-order valence-corrected chi connectivity index (χ4v) is 2.04. The number of carbonyl (C=O) groups is 1. The molecule has 0 bridgehead atoms. The van der Waals surface area contributed by atoms with Crippen LogP contribution < -0.4 is 11.1 Å². The molecule has 0 saturated heterocycles. The molecule has 1 heterocycles. The molecule has 0 fully saturated rings. The van der Waals surface area contributed by atoms with Gasteiger partial charge in [-0.15, -0.1) is 0 Å². The maximum absolute atomic E-state index is 12.0. The Hall–Kier alpha value is -1.94. The van der Waals surface area contributed by atoms with Crippen molar-refractivity contribution >= 4 is 23.2 Å². The van der Waals surface area contributed by atoms with E-state index in [0.717, 1.165) is 18.6 Å². The fraction of sp³-hybridized carbons (Fsp3) is 0.267. The van der Waals surface area contributed by atoms with Crippen LogP contribution in [0.4, 0.5) is 5.69 Å².